The van der Waals surface area contributed by atoms with Crippen LogP contribution in [-0.2, 0) is 0 Å². The zero-order valence-electron chi connectivity index (χ0n) is 16.0. The third-order valence-corrected chi connectivity index (χ3v) is 4.94. The van der Waals surface area contributed by atoms with Crippen molar-refractivity contribution in [1.29, 1.82) is 0 Å². The fourth-order valence-electron chi connectivity index (χ4n) is 3.50. The molecule has 0 aliphatic carbocycles. The molecular formula is C24H20F2N2. The molecule has 0 N–H and O–H groups in total. The molecule has 140 valence electrons. The van der Waals surface area contributed by atoms with Gasteiger partial charge in [-0.2, -0.15) is 0 Å². The van der Waals surface area contributed by atoms with Gasteiger partial charge in [0.1, 0.15) is 0 Å². The number of hydrogen-bond acceptors (Lipinski definition) is 2. The van der Waals surface area contributed by atoms with Crippen LogP contribution in [0.2, 0.25) is 0 Å². The highest BCUT2D eigenvalue weighted by Crippen LogP contribution is 2.36. The van der Waals surface area contributed by atoms with Gasteiger partial charge in [-0.3, -0.25) is 0 Å². The van der Waals surface area contributed by atoms with Crippen LogP contribution >= 0.6 is 0 Å². The van der Waals surface area contributed by atoms with E-state index in [1.807, 2.05) is 74.5 Å². The van der Waals surface area contributed by atoms with E-state index in [0.717, 1.165) is 11.1 Å². The van der Waals surface area contributed by atoms with Crippen LogP contribution in [0.3, 0.4) is 0 Å². The van der Waals surface area contributed by atoms with Crippen molar-refractivity contribution in [2.75, 3.05) is 0 Å². The Kier molecular flexibility index (Phi) is 4.63. The minimum absolute atomic E-state index is 0.182. The van der Waals surface area contributed by atoms with E-state index in [2.05, 4.69) is 0 Å². The quantitative estimate of drug-likeness (QED) is 0.400. The molecule has 0 spiro atoms. The molecule has 0 bridgehead atoms. The molecule has 4 aromatic rings. The number of fused-ring (bicyclic) bond motifs is 1. The Morgan fingerprint density at radius 1 is 0.679 bits per heavy atom. The van der Waals surface area contributed by atoms with Crippen LogP contribution in [0.25, 0.3) is 33.5 Å². The van der Waals surface area contributed by atoms with Gasteiger partial charge in [0.2, 0.25) is 0 Å². The SMILES string of the molecule is Cc1c(F)c(F)c(C(C)C)c2nc(-c3ccccc3)c(-c3ccccc3)nc12. The number of nitrogens with zero attached hydrogens (tertiary/aromatic N) is 2. The maximum Gasteiger partial charge on any atom is 0.164 e. The lowest BCUT2D eigenvalue weighted by Gasteiger charge is -2.17. The number of aryl methyl sites for hydroxylation is 1. The normalized spacial score (nSPS) is 11.4. The summed E-state index contributed by atoms with van der Waals surface area (Å²) in [6, 6.07) is 19.3. The highest BCUT2D eigenvalue weighted by Gasteiger charge is 2.24. The summed E-state index contributed by atoms with van der Waals surface area (Å²) in [5, 5.41) is 0. The van der Waals surface area contributed by atoms with Gasteiger partial charge in [-0.1, -0.05) is 74.5 Å². The van der Waals surface area contributed by atoms with Crippen LogP contribution < -0.4 is 0 Å². The van der Waals surface area contributed by atoms with Gasteiger partial charge in [0.15, 0.2) is 11.6 Å². The van der Waals surface area contributed by atoms with E-state index in [-0.39, 0.29) is 17.0 Å². The Bertz CT molecular complexity index is 1150. The van der Waals surface area contributed by atoms with Crippen molar-refractivity contribution in [3.8, 4) is 22.5 Å². The van der Waals surface area contributed by atoms with Crippen LogP contribution in [0.5, 0.6) is 0 Å². The van der Waals surface area contributed by atoms with E-state index in [9.17, 15) is 8.78 Å². The largest absolute Gasteiger partial charge is 0.243 e. The van der Waals surface area contributed by atoms with E-state index in [0.29, 0.717) is 22.4 Å². The number of rotatable bonds is 3. The summed E-state index contributed by atoms with van der Waals surface area (Å²) in [6.07, 6.45) is 0. The van der Waals surface area contributed by atoms with Crippen molar-refractivity contribution < 1.29 is 8.78 Å². The van der Waals surface area contributed by atoms with E-state index in [1.165, 1.54) is 0 Å². The fourth-order valence-corrected chi connectivity index (χ4v) is 3.50. The third kappa shape index (κ3) is 2.95. The van der Waals surface area contributed by atoms with Gasteiger partial charge in [0, 0.05) is 22.3 Å². The molecular weight excluding hydrogens is 354 g/mol. The number of benzene rings is 3. The van der Waals surface area contributed by atoms with E-state index in [1.54, 1.807) is 6.92 Å². The van der Waals surface area contributed by atoms with Gasteiger partial charge in [-0.25, -0.2) is 18.7 Å². The van der Waals surface area contributed by atoms with Crippen molar-refractivity contribution in [1.82, 2.24) is 9.97 Å². The molecule has 0 aliphatic heterocycles. The molecule has 4 rings (SSSR count). The predicted octanol–water partition coefficient (Wildman–Crippen LogP) is 6.67. The van der Waals surface area contributed by atoms with Crippen molar-refractivity contribution >= 4 is 11.0 Å². The van der Waals surface area contributed by atoms with Crippen LogP contribution in [-0.4, -0.2) is 9.97 Å². The molecule has 28 heavy (non-hydrogen) atoms. The first-order valence-corrected chi connectivity index (χ1v) is 9.29. The van der Waals surface area contributed by atoms with Crippen LogP contribution in [0.1, 0.15) is 30.9 Å². The molecule has 0 atom stereocenters. The molecule has 2 nitrogen and oxygen atoms in total. The summed E-state index contributed by atoms with van der Waals surface area (Å²) in [6.45, 7) is 5.22. The highest BCUT2D eigenvalue weighted by molar-refractivity contribution is 5.90. The average molecular weight is 374 g/mol. The molecule has 4 heteroatoms. The highest BCUT2D eigenvalue weighted by atomic mass is 19.2. The molecule has 0 radical (unpaired) electrons. The Balaban J connectivity index is 2.16. The Hall–Kier alpha value is -3.14. The first kappa shape index (κ1) is 18.2. The van der Waals surface area contributed by atoms with E-state index >= 15 is 0 Å². The first-order valence-electron chi connectivity index (χ1n) is 9.29. The molecule has 0 amide bonds. The van der Waals surface area contributed by atoms with Crippen molar-refractivity contribution in [2.45, 2.75) is 26.7 Å². The van der Waals surface area contributed by atoms with E-state index < -0.39 is 11.6 Å². The number of aromatic nitrogens is 2. The lowest BCUT2D eigenvalue weighted by molar-refractivity contribution is 0.491. The Labute approximate surface area is 162 Å². The minimum Gasteiger partial charge on any atom is -0.243 e. The minimum atomic E-state index is -0.850. The number of hydrogen-bond donors (Lipinski definition) is 0. The van der Waals surface area contributed by atoms with Gasteiger partial charge in [-0.15, -0.1) is 0 Å². The molecule has 1 heterocycles. The molecule has 0 aliphatic rings. The van der Waals surface area contributed by atoms with Gasteiger partial charge in [-0.05, 0) is 12.8 Å². The van der Waals surface area contributed by atoms with Gasteiger partial charge >= 0.3 is 0 Å². The average Bonchev–Trinajstić information content (AvgIpc) is 2.72. The topological polar surface area (TPSA) is 25.8 Å². The Morgan fingerprint density at radius 3 is 1.61 bits per heavy atom. The molecule has 0 fully saturated rings. The third-order valence-electron chi connectivity index (χ3n) is 4.94. The van der Waals surface area contributed by atoms with Crippen LogP contribution in [0, 0.1) is 18.6 Å². The first-order chi connectivity index (χ1) is 13.5. The van der Waals surface area contributed by atoms with Crippen LogP contribution in [0.4, 0.5) is 8.78 Å². The fraction of sp³-hybridized carbons (Fsp3) is 0.167. The zero-order chi connectivity index (χ0) is 19.8. The molecule has 3 aromatic carbocycles. The maximum atomic E-state index is 14.8. The molecule has 0 saturated heterocycles. The lowest BCUT2D eigenvalue weighted by Crippen LogP contribution is -2.06. The monoisotopic (exact) mass is 374 g/mol. The Morgan fingerprint density at radius 2 is 1.14 bits per heavy atom. The second kappa shape index (κ2) is 7.12. The molecule has 1 aromatic heterocycles. The summed E-state index contributed by atoms with van der Waals surface area (Å²) in [5.74, 6) is -1.91. The van der Waals surface area contributed by atoms with Gasteiger partial charge in [0.25, 0.3) is 0 Å². The van der Waals surface area contributed by atoms with Crippen LogP contribution in [0.15, 0.2) is 60.7 Å². The number of halogens is 2. The second-order valence-electron chi connectivity index (χ2n) is 7.17. The smallest absolute Gasteiger partial charge is 0.164 e. The summed E-state index contributed by atoms with van der Waals surface area (Å²) in [7, 11) is 0. The summed E-state index contributed by atoms with van der Waals surface area (Å²) in [5.41, 5.74) is 4.35. The predicted molar refractivity (Wildman–Crippen MR) is 109 cm³/mol. The summed E-state index contributed by atoms with van der Waals surface area (Å²) < 4.78 is 29.4. The molecule has 0 saturated carbocycles. The summed E-state index contributed by atoms with van der Waals surface area (Å²) >= 11 is 0. The maximum absolute atomic E-state index is 14.8. The van der Waals surface area contributed by atoms with Crippen molar-refractivity contribution in [3.05, 3.63) is 83.4 Å². The van der Waals surface area contributed by atoms with Crippen molar-refractivity contribution in [3.63, 3.8) is 0 Å². The van der Waals surface area contributed by atoms with Crippen molar-refractivity contribution in [2.24, 2.45) is 0 Å². The van der Waals surface area contributed by atoms with E-state index in [4.69, 9.17) is 9.97 Å². The summed E-state index contributed by atoms with van der Waals surface area (Å²) in [4.78, 5) is 9.63. The van der Waals surface area contributed by atoms with Gasteiger partial charge in [0.05, 0.1) is 22.4 Å². The zero-order valence-corrected chi connectivity index (χ0v) is 16.0. The second-order valence-corrected chi connectivity index (χ2v) is 7.17. The van der Waals surface area contributed by atoms with Gasteiger partial charge < -0.3 is 0 Å². The lowest BCUT2D eigenvalue weighted by atomic mass is 9.96. The standard InChI is InChI=1S/C24H20F2N2/c1-14(2)18-20(26)19(25)15(3)21-24(18)28-23(17-12-8-5-9-13-17)22(27-21)16-10-6-4-7-11-16/h4-14H,1-3H3. The molecule has 0 unspecified atom stereocenters.